The number of hydrogen-bond donors (Lipinski definition) is 1. The van der Waals surface area contributed by atoms with E-state index in [-0.39, 0.29) is 0 Å². The predicted octanol–water partition coefficient (Wildman–Crippen LogP) is 1.60. The first-order chi connectivity index (χ1) is 3.81. The van der Waals surface area contributed by atoms with Crippen LogP contribution in [0, 0.1) is 6.92 Å². The third-order valence-corrected chi connectivity index (χ3v) is 1.31. The van der Waals surface area contributed by atoms with Crippen molar-refractivity contribution >= 4 is 0 Å². The summed E-state index contributed by atoms with van der Waals surface area (Å²) in [7, 11) is 1.95. The van der Waals surface area contributed by atoms with Crippen LogP contribution in [-0.4, -0.2) is 13.1 Å². The number of nitrogens with one attached hydrogen (secondary N) is 1. The van der Waals surface area contributed by atoms with Crippen LogP contribution in [-0.2, 0) is 0 Å². The molecule has 0 aromatic carbocycles. The molecule has 1 radical (unpaired) electrons. The van der Waals surface area contributed by atoms with Crippen molar-refractivity contribution in [2.75, 3.05) is 7.05 Å². The Labute approximate surface area is 52.5 Å². The molecule has 0 aliphatic rings. The topological polar surface area (TPSA) is 12.0 Å². The summed E-state index contributed by atoms with van der Waals surface area (Å²) in [6.45, 7) is 6.08. The van der Waals surface area contributed by atoms with Gasteiger partial charge in [-0.3, -0.25) is 0 Å². The maximum absolute atomic E-state index is 3.88. The Kier molecular flexibility index (Phi) is 5.08. The fraction of sp³-hybridized carbons (Fsp3) is 0.857. The highest BCUT2D eigenvalue weighted by molar-refractivity contribution is 4.64. The summed E-state index contributed by atoms with van der Waals surface area (Å²) in [5, 5.41) is 3.09. The lowest BCUT2D eigenvalue weighted by Gasteiger charge is -2.06. The Morgan fingerprint density at radius 1 is 1.62 bits per heavy atom. The molecule has 0 aromatic heterocycles. The van der Waals surface area contributed by atoms with Gasteiger partial charge in [0, 0.05) is 6.04 Å². The number of unbranched alkanes of at least 4 members (excludes halogenated alkanes) is 1. The van der Waals surface area contributed by atoms with Gasteiger partial charge < -0.3 is 5.32 Å². The van der Waals surface area contributed by atoms with E-state index >= 15 is 0 Å². The minimum absolute atomic E-state index is 0.454. The van der Waals surface area contributed by atoms with Crippen LogP contribution in [0.25, 0.3) is 0 Å². The fourth-order valence-electron chi connectivity index (χ4n) is 0.595. The maximum Gasteiger partial charge on any atom is 0.00646 e. The molecule has 0 rings (SSSR count). The zero-order valence-corrected chi connectivity index (χ0v) is 5.91. The van der Waals surface area contributed by atoms with E-state index < -0.39 is 0 Å². The second-order valence-electron chi connectivity index (χ2n) is 2.13. The molecule has 0 aliphatic heterocycles. The zero-order valence-electron chi connectivity index (χ0n) is 5.91. The monoisotopic (exact) mass is 114 g/mol. The highest BCUT2D eigenvalue weighted by Crippen LogP contribution is 1.97. The first-order valence-electron chi connectivity index (χ1n) is 3.31. The van der Waals surface area contributed by atoms with Crippen LogP contribution in [0.4, 0.5) is 0 Å². The molecule has 8 heavy (non-hydrogen) atoms. The number of hydrogen-bond acceptors (Lipinski definition) is 1. The van der Waals surface area contributed by atoms with Gasteiger partial charge in [-0.2, -0.15) is 0 Å². The molecule has 49 valence electrons. The van der Waals surface area contributed by atoms with Crippen molar-refractivity contribution in [3.63, 3.8) is 0 Å². The molecule has 0 aliphatic carbocycles. The largest absolute Gasteiger partial charge is 0.317 e. The first kappa shape index (κ1) is 7.96. The van der Waals surface area contributed by atoms with Crippen LogP contribution in [0.3, 0.4) is 0 Å². The zero-order chi connectivity index (χ0) is 6.41. The van der Waals surface area contributed by atoms with Crippen molar-refractivity contribution in [3.05, 3.63) is 6.92 Å². The Bertz CT molecular complexity index is 43.7. The predicted molar refractivity (Wildman–Crippen MR) is 37.7 cm³/mol. The maximum atomic E-state index is 3.88. The van der Waals surface area contributed by atoms with Gasteiger partial charge in [0.25, 0.3) is 0 Å². The van der Waals surface area contributed by atoms with E-state index in [1.54, 1.807) is 0 Å². The average Bonchev–Trinajstić information content (AvgIpc) is 1.83. The van der Waals surface area contributed by atoms with Crippen molar-refractivity contribution in [1.29, 1.82) is 0 Å². The second kappa shape index (κ2) is 5.10. The SMILES string of the molecule is [CH2]C(CCCC)NC. The Balaban J connectivity index is 2.86. The van der Waals surface area contributed by atoms with Crippen LogP contribution < -0.4 is 5.32 Å². The normalized spacial score (nSPS) is 13.9. The Morgan fingerprint density at radius 2 is 2.25 bits per heavy atom. The highest BCUT2D eigenvalue weighted by Gasteiger charge is 1.93. The molecular weight excluding hydrogens is 98.1 g/mol. The summed E-state index contributed by atoms with van der Waals surface area (Å²) in [6, 6.07) is 0.454. The van der Waals surface area contributed by atoms with Crippen molar-refractivity contribution in [1.82, 2.24) is 5.32 Å². The molecule has 1 N–H and O–H groups in total. The molecular formula is C7H16N. The molecule has 1 heteroatoms. The molecule has 1 nitrogen and oxygen atoms in total. The van der Waals surface area contributed by atoms with E-state index in [2.05, 4.69) is 19.2 Å². The van der Waals surface area contributed by atoms with Gasteiger partial charge in [0.1, 0.15) is 0 Å². The average molecular weight is 114 g/mol. The van der Waals surface area contributed by atoms with Crippen molar-refractivity contribution in [2.45, 2.75) is 32.2 Å². The van der Waals surface area contributed by atoms with Crippen LogP contribution in [0.5, 0.6) is 0 Å². The van der Waals surface area contributed by atoms with Crippen LogP contribution in [0.15, 0.2) is 0 Å². The molecule has 0 spiro atoms. The van der Waals surface area contributed by atoms with Gasteiger partial charge in [0.05, 0.1) is 0 Å². The standard InChI is InChI=1S/C7H16N/c1-4-5-6-7(2)8-3/h7-8H,2,4-6H2,1,3H3. The summed E-state index contributed by atoms with van der Waals surface area (Å²) in [4.78, 5) is 0. The molecule has 0 amide bonds. The Hall–Kier alpha value is -0.0400. The van der Waals surface area contributed by atoms with Gasteiger partial charge in [0.15, 0.2) is 0 Å². The molecule has 0 saturated heterocycles. The van der Waals surface area contributed by atoms with Crippen LogP contribution >= 0.6 is 0 Å². The third-order valence-electron chi connectivity index (χ3n) is 1.31. The molecule has 1 atom stereocenters. The van der Waals surface area contributed by atoms with Gasteiger partial charge in [-0.05, 0) is 20.4 Å². The lowest BCUT2D eigenvalue weighted by molar-refractivity contribution is 0.576. The molecule has 1 unspecified atom stereocenters. The lowest BCUT2D eigenvalue weighted by atomic mass is 10.1. The fourth-order valence-corrected chi connectivity index (χ4v) is 0.595. The first-order valence-corrected chi connectivity index (χ1v) is 3.31. The van der Waals surface area contributed by atoms with Gasteiger partial charge in [0.2, 0.25) is 0 Å². The van der Waals surface area contributed by atoms with Crippen LogP contribution in [0.2, 0.25) is 0 Å². The molecule has 0 aromatic rings. The van der Waals surface area contributed by atoms with Gasteiger partial charge >= 0.3 is 0 Å². The summed E-state index contributed by atoms with van der Waals surface area (Å²) in [5.41, 5.74) is 0. The summed E-state index contributed by atoms with van der Waals surface area (Å²) < 4.78 is 0. The van der Waals surface area contributed by atoms with Gasteiger partial charge in [-0.15, -0.1) is 0 Å². The van der Waals surface area contributed by atoms with Gasteiger partial charge in [-0.1, -0.05) is 19.8 Å². The quantitative estimate of drug-likeness (QED) is 0.585. The van der Waals surface area contributed by atoms with E-state index in [0.29, 0.717) is 6.04 Å². The van der Waals surface area contributed by atoms with E-state index in [4.69, 9.17) is 0 Å². The van der Waals surface area contributed by atoms with E-state index in [1.807, 2.05) is 7.05 Å². The summed E-state index contributed by atoms with van der Waals surface area (Å²) in [6.07, 6.45) is 3.76. The van der Waals surface area contributed by atoms with Gasteiger partial charge in [-0.25, -0.2) is 0 Å². The highest BCUT2D eigenvalue weighted by atomic mass is 14.8. The van der Waals surface area contributed by atoms with Crippen LogP contribution in [0.1, 0.15) is 26.2 Å². The van der Waals surface area contributed by atoms with E-state index in [9.17, 15) is 0 Å². The van der Waals surface area contributed by atoms with Crippen molar-refractivity contribution < 1.29 is 0 Å². The summed E-state index contributed by atoms with van der Waals surface area (Å²) >= 11 is 0. The second-order valence-corrected chi connectivity index (χ2v) is 2.13. The summed E-state index contributed by atoms with van der Waals surface area (Å²) in [5.74, 6) is 0. The minimum atomic E-state index is 0.454. The molecule has 0 saturated carbocycles. The molecule has 0 bridgehead atoms. The van der Waals surface area contributed by atoms with E-state index in [0.717, 1.165) is 0 Å². The van der Waals surface area contributed by atoms with Crippen molar-refractivity contribution in [2.24, 2.45) is 0 Å². The third kappa shape index (κ3) is 4.13. The molecule has 0 fully saturated rings. The van der Waals surface area contributed by atoms with Crippen molar-refractivity contribution in [3.8, 4) is 0 Å². The number of rotatable bonds is 4. The molecule has 0 heterocycles. The Morgan fingerprint density at radius 3 is 2.62 bits per heavy atom. The smallest absolute Gasteiger partial charge is 0.00646 e. The lowest BCUT2D eigenvalue weighted by Crippen LogP contribution is -2.20. The van der Waals surface area contributed by atoms with E-state index in [1.165, 1.54) is 19.3 Å². The minimum Gasteiger partial charge on any atom is -0.317 e.